The van der Waals surface area contributed by atoms with Crippen LogP contribution >= 0.6 is 11.6 Å². The molecule has 0 radical (unpaired) electrons. The summed E-state index contributed by atoms with van der Waals surface area (Å²) >= 11 is 5.87. The Balaban J connectivity index is 1.97. The van der Waals surface area contributed by atoms with E-state index in [1.54, 1.807) is 31.4 Å². The van der Waals surface area contributed by atoms with E-state index < -0.39 is 5.97 Å². The molecule has 0 heterocycles. The van der Waals surface area contributed by atoms with Gasteiger partial charge in [0, 0.05) is 18.0 Å². The van der Waals surface area contributed by atoms with E-state index in [4.69, 9.17) is 26.2 Å². The van der Waals surface area contributed by atoms with Crippen molar-refractivity contribution in [1.29, 1.82) is 0 Å². The van der Waals surface area contributed by atoms with Crippen molar-refractivity contribution >= 4 is 23.5 Å². The summed E-state index contributed by atoms with van der Waals surface area (Å²) in [5.74, 6) is -0.172. The van der Waals surface area contributed by atoms with Crippen molar-refractivity contribution in [2.75, 3.05) is 7.11 Å². The first-order valence-electron chi connectivity index (χ1n) is 8.00. The van der Waals surface area contributed by atoms with Crippen molar-refractivity contribution in [3.63, 3.8) is 0 Å². The number of ether oxygens (including phenoxy) is 2. The number of benzene rings is 2. The molecule has 0 aliphatic carbocycles. The molecular weight excluding hydrogens is 358 g/mol. The highest BCUT2D eigenvalue weighted by Crippen LogP contribution is 2.29. The molecule has 0 unspecified atom stereocenters. The van der Waals surface area contributed by atoms with E-state index >= 15 is 0 Å². The van der Waals surface area contributed by atoms with Crippen molar-refractivity contribution < 1.29 is 24.2 Å². The number of hydrogen-bond acceptors (Lipinski definition) is 4. The summed E-state index contributed by atoms with van der Waals surface area (Å²) in [7, 11) is 1.55. The highest BCUT2D eigenvalue weighted by Gasteiger charge is 2.09. The number of carbonyl (C=O) groups is 2. The third-order valence-electron chi connectivity index (χ3n) is 3.59. The average molecular weight is 378 g/mol. The van der Waals surface area contributed by atoms with Crippen LogP contribution in [-0.4, -0.2) is 24.1 Å². The average Bonchev–Trinajstić information content (AvgIpc) is 2.64. The number of halogens is 1. The zero-order chi connectivity index (χ0) is 18.9. The standard InChI is InChI=1S/C19H20ClNO5/c1-25-16-7-4-14(11-21-18(22)8-9-19(23)24)10-17(16)26-12-13-2-5-15(20)6-3-13/h2-7,10H,8-9,11-12H2,1H3,(H,21,22)(H,23,24). The molecule has 7 heteroatoms. The van der Waals surface area contributed by atoms with Crippen LogP contribution in [0.5, 0.6) is 11.5 Å². The minimum Gasteiger partial charge on any atom is -0.493 e. The Hall–Kier alpha value is -2.73. The van der Waals surface area contributed by atoms with Crippen LogP contribution in [0.4, 0.5) is 0 Å². The van der Waals surface area contributed by atoms with Gasteiger partial charge in [-0.3, -0.25) is 9.59 Å². The fourth-order valence-corrected chi connectivity index (χ4v) is 2.32. The first-order chi connectivity index (χ1) is 12.5. The fourth-order valence-electron chi connectivity index (χ4n) is 2.20. The first-order valence-corrected chi connectivity index (χ1v) is 8.38. The molecule has 6 nitrogen and oxygen atoms in total. The van der Waals surface area contributed by atoms with Gasteiger partial charge < -0.3 is 19.9 Å². The van der Waals surface area contributed by atoms with Gasteiger partial charge in [0.05, 0.1) is 13.5 Å². The summed E-state index contributed by atoms with van der Waals surface area (Å²) in [6, 6.07) is 12.7. The number of nitrogens with one attached hydrogen (secondary N) is 1. The van der Waals surface area contributed by atoms with Crippen molar-refractivity contribution in [2.24, 2.45) is 0 Å². The van der Waals surface area contributed by atoms with E-state index in [0.717, 1.165) is 11.1 Å². The second-order valence-electron chi connectivity index (χ2n) is 5.57. The molecular formula is C19H20ClNO5. The highest BCUT2D eigenvalue weighted by atomic mass is 35.5. The van der Waals surface area contributed by atoms with E-state index in [1.165, 1.54) is 0 Å². The molecule has 1 amide bonds. The Kier molecular flexibility index (Phi) is 7.29. The van der Waals surface area contributed by atoms with Gasteiger partial charge in [-0.05, 0) is 35.4 Å². The monoisotopic (exact) mass is 377 g/mol. The number of aliphatic carboxylic acids is 1. The lowest BCUT2D eigenvalue weighted by atomic mass is 10.2. The highest BCUT2D eigenvalue weighted by molar-refractivity contribution is 6.30. The van der Waals surface area contributed by atoms with E-state index in [9.17, 15) is 9.59 Å². The number of amides is 1. The summed E-state index contributed by atoms with van der Waals surface area (Å²) in [6.45, 7) is 0.627. The molecule has 2 aromatic carbocycles. The van der Waals surface area contributed by atoms with Gasteiger partial charge in [-0.1, -0.05) is 29.8 Å². The molecule has 138 valence electrons. The Morgan fingerprint density at radius 2 is 1.73 bits per heavy atom. The molecule has 0 aromatic heterocycles. The molecule has 0 aliphatic rings. The van der Waals surface area contributed by atoms with Gasteiger partial charge in [0.2, 0.25) is 5.91 Å². The van der Waals surface area contributed by atoms with Crippen molar-refractivity contribution in [3.05, 3.63) is 58.6 Å². The number of carbonyl (C=O) groups excluding carboxylic acids is 1. The summed E-state index contributed by atoms with van der Waals surface area (Å²) < 4.78 is 11.1. The van der Waals surface area contributed by atoms with Gasteiger partial charge in [-0.15, -0.1) is 0 Å². The number of carboxylic acid groups (broad SMARTS) is 1. The Bertz CT molecular complexity index is 761. The van der Waals surface area contributed by atoms with Crippen LogP contribution < -0.4 is 14.8 Å². The number of rotatable bonds is 9. The smallest absolute Gasteiger partial charge is 0.303 e. The van der Waals surface area contributed by atoms with Gasteiger partial charge in [0.15, 0.2) is 11.5 Å². The molecule has 0 saturated heterocycles. The third kappa shape index (κ3) is 6.29. The molecule has 0 bridgehead atoms. The van der Waals surface area contributed by atoms with Crippen LogP contribution in [0, 0.1) is 0 Å². The number of hydrogen-bond donors (Lipinski definition) is 2. The molecule has 2 N–H and O–H groups in total. The van der Waals surface area contributed by atoms with Crippen molar-refractivity contribution in [2.45, 2.75) is 26.0 Å². The van der Waals surface area contributed by atoms with Crippen LogP contribution in [-0.2, 0) is 22.7 Å². The Labute approximate surface area is 156 Å². The minimum absolute atomic E-state index is 0.0502. The summed E-state index contributed by atoms with van der Waals surface area (Å²) in [5.41, 5.74) is 1.78. The van der Waals surface area contributed by atoms with Crippen LogP contribution in [0.3, 0.4) is 0 Å². The maximum absolute atomic E-state index is 11.6. The van der Waals surface area contributed by atoms with Crippen LogP contribution in [0.15, 0.2) is 42.5 Å². The number of carboxylic acids is 1. The topological polar surface area (TPSA) is 84.9 Å². The lowest BCUT2D eigenvalue weighted by Crippen LogP contribution is -2.23. The zero-order valence-electron chi connectivity index (χ0n) is 14.3. The first kappa shape index (κ1) is 19.6. The lowest BCUT2D eigenvalue weighted by molar-refractivity contribution is -0.138. The Morgan fingerprint density at radius 1 is 1.04 bits per heavy atom. The minimum atomic E-state index is -0.998. The van der Waals surface area contributed by atoms with Gasteiger partial charge in [0.25, 0.3) is 0 Å². The van der Waals surface area contributed by atoms with Crippen molar-refractivity contribution in [1.82, 2.24) is 5.32 Å². The fraction of sp³-hybridized carbons (Fsp3) is 0.263. The van der Waals surface area contributed by atoms with Crippen molar-refractivity contribution in [3.8, 4) is 11.5 Å². The predicted octanol–water partition coefficient (Wildman–Crippen LogP) is 3.41. The van der Waals surface area contributed by atoms with E-state index in [0.29, 0.717) is 23.1 Å². The maximum Gasteiger partial charge on any atom is 0.303 e. The molecule has 2 aromatic rings. The van der Waals surface area contributed by atoms with E-state index in [-0.39, 0.29) is 25.3 Å². The maximum atomic E-state index is 11.6. The third-order valence-corrected chi connectivity index (χ3v) is 3.84. The van der Waals surface area contributed by atoms with Gasteiger partial charge in [-0.2, -0.15) is 0 Å². The SMILES string of the molecule is COc1ccc(CNC(=O)CCC(=O)O)cc1OCc1ccc(Cl)cc1. The summed E-state index contributed by atoms with van der Waals surface area (Å²) in [6.07, 6.45) is -0.241. The number of methoxy groups -OCH3 is 1. The van der Waals surface area contributed by atoms with Gasteiger partial charge in [-0.25, -0.2) is 0 Å². The molecule has 2 rings (SSSR count). The quantitative estimate of drug-likeness (QED) is 0.699. The normalized spacial score (nSPS) is 10.2. The van der Waals surface area contributed by atoms with Gasteiger partial charge >= 0.3 is 5.97 Å². The van der Waals surface area contributed by atoms with E-state index in [2.05, 4.69) is 5.32 Å². The molecule has 26 heavy (non-hydrogen) atoms. The van der Waals surface area contributed by atoms with E-state index in [1.807, 2.05) is 18.2 Å². The summed E-state index contributed by atoms with van der Waals surface area (Å²) in [5, 5.41) is 11.9. The predicted molar refractivity (Wildman–Crippen MR) is 97.5 cm³/mol. The second kappa shape index (κ2) is 9.68. The lowest BCUT2D eigenvalue weighted by Gasteiger charge is -2.13. The molecule has 0 aliphatic heterocycles. The second-order valence-corrected chi connectivity index (χ2v) is 6.01. The summed E-state index contributed by atoms with van der Waals surface area (Å²) in [4.78, 5) is 22.1. The van der Waals surface area contributed by atoms with Crippen LogP contribution in [0.2, 0.25) is 5.02 Å². The molecule has 0 saturated carbocycles. The molecule has 0 atom stereocenters. The molecule has 0 fully saturated rings. The van der Waals surface area contributed by atoms with Crippen LogP contribution in [0.25, 0.3) is 0 Å². The zero-order valence-corrected chi connectivity index (χ0v) is 15.1. The van der Waals surface area contributed by atoms with Gasteiger partial charge in [0.1, 0.15) is 6.61 Å². The molecule has 0 spiro atoms. The largest absolute Gasteiger partial charge is 0.493 e. The van der Waals surface area contributed by atoms with Crippen LogP contribution in [0.1, 0.15) is 24.0 Å². The Morgan fingerprint density at radius 3 is 2.38 bits per heavy atom.